The zero-order valence-electron chi connectivity index (χ0n) is 18.2. The van der Waals surface area contributed by atoms with Gasteiger partial charge in [-0.3, -0.25) is 4.79 Å². The van der Waals surface area contributed by atoms with E-state index in [1.54, 1.807) is 39.0 Å². The molecule has 0 aliphatic heterocycles. The van der Waals surface area contributed by atoms with Crippen LogP contribution >= 0.6 is 43.5 Å². The molecule has 1 aromatic heterocycles. The van der Waals surface area contributed by atoms with Gasteiger partial charge in [-0.1, -0.05) is 27.5 Å². The minimum absolute atomic E-state index is 0.175. The molecule has 0 amide bonds. The van der Waals surface area contributed by atoms with Crippen LogP contribution in [0.5, 0.6) is 11.5 Å². The molecule has 0 aliphatic rings. The second-order valence-corrected chi connectivity index (χ2v) is 8.91. The van der Waals surface area contributed by atoms with Crippen LogP contribution in [0.25, 0.3) is 10.9 Å². The molecule has 33 heavy (non-hydrogen) atoms. The van der Waals surface area contributed by atoms with E-state index < -0.39 is 12.1 Å². The number of carbonyl (C=O) groups is 1. The first-order valence-electron chi connectivity index (χ1n) is 9.80. The maximum atomic E-state index is 13.0. The number of nitrogens with zero attached hydrogens (tertiary/aromatic N) is 3. The molecule has 0 saturated carbocycles. The fourth-order valence-electron chi connectivity index (χ4n) is 2.96. The van der Waals surface area contributed by atoms with E-state index in [0.717, 1.165) is 4.47 Å². The van der Waals surface area contributed by atoms with Gasteiger partial charge in [0, 0.05) is 14.5 Å². The van der Waals surface area contributed by atoms with Gasteiger partial charge in [-0.25, -0.2) is 9.78 Å². The molecular weight excluding hydrogens is 582 g/mol. The predicted molar refractivity (Wildman–Crippen MR) is 134 cm³/mol. The maximum Gasteiger partial charge on any atom is 0.347 e. The number of aryl methyl sites for hydroxylation is 1. The fraction of sp³-hybridized carbons (Fsp3) is 0.273. The molecule has 0 saturated heterocycles. The van der Waals surface area contributed by atoms with Crippen LogP contribution in [0.15, 0.2) is 43.1 Å². The zero-order valence-corrected chi connectivity index (χ0v) is 22.1. The van der Waals surface area contributed by atoms with E-state index >= 15 is 0 Å². The number of hydrogen-bond acceptors (Lipinski definition) is 7. The third kappa shape index (κ3) is 5.39. The first-order chi connectivity index (χ1) is 15.7. The van der Waals surface area contributed by atoms with Gasteiger partial charge < -0.3 is 14.2 Å². The van der Waals surface area contributed by atoms with E-state index in [4.69, 9.17) is 25.8 Å². The highest BCUT2D eigenvalue weighted by Gasteiger charge is 2.23. The van der Waals surface area contributed by atoms with E-state index in [0.29, 0.717) is 26.8 Å². The molecule has 0 radical (unpaired) electrons. The number of ether oxygens (including phenoxy) is 3. The first kappa shape index (κ1) is 25.2. The molecule has 0 N–H and O–H groups in total. The van der Waals surface area contributed by atoms with Gasteiger partial charge in [-0.15, -0.1) is 0 Å². The number of rotatable bonds is 7. The summed E-state index contributed by atoms with van der Waals surface area (Å²) in [6.45, 7) is 5.18. The summed E-state index contributed by atoms with van der Waals surface area (Å²) in [6, 6.07) is 6.90. The summed E-state index contributed by atoms with van der Waals surface area (Å²) in [5.41, 5.74) is 0.788. The second-order valence-electron chi connectivity index (χ2n) is 6.82. The lowest BCUT2D eigenvalue weighted by Crippen LogP contribution is -2.26. The van der Waals surface area contributed by atoms with Gasteiger partial charge >= 0.3 is 5.97 Å². The van der Waals surface area contributed by atoms with Crippen LogP contribution in [0.2, 0.25) is 5.02 Å². The average molecular weight is 602 g/mol. The minimum atomic E-state index is -0.896. The summed E-state index contributed by atoms with van der Waals surface area (Å²) in [5, 5.41) is 4.92. The van der Waals surface area contributed by atoms with E-state index in [1.807, 2.05) is 6.07 Å². The van der Waals surface area contributed by atoms with E-state index in [-0.39, 0.29) is 28.7 Å². The van der Waals surface area contributed by atoms with Gasteiger partial charge in [0.1, 0.15) is 10.8 Å². The smallest absolute Gasteiger partial charge is 0.347 e. The summed E-state index contributed by atoms with van der Waals surface area (Å²) in [6.07, 6.45) is 0.559. The monoisotopic (exact) mass is 599 g/mol. The predicted octanol–water partition coefficient (Wildman–Crippen LogP) is 5.10. The molecule has 3 rings (SSSR count). The Morgan fingerprint density at radius 2 is 2.06 bits per heavy atom. The van der Waals surface area contributed by atoms with Crippen molar-refractivity contribution in [2.24, 2.45) is 5.10 Å². The molecule has 0 fully saturated rings. The topological polar surface area (TPSA) is 92.0 Å². The summed E-state index contributed by atoms with van der Waals surface area (Å²) in [4.78, 5) is 29.3. The van der Waals surface area contributed by atoms with Gasteiger partial charge in [0.05, 0.1) is 30.8 Å². The lowest BCUT2D eigenvalue weighted by Gasteiger charge is -2.18. The molecule has 0 unspecified atom stereocenters. The summed E-state index contributed by atoms with van der Waals surface area (Å²) >= 11 is 13.3. The number of hydrogen-bond donors (Lipinski definition) is 0. The van der Waals surface area contributed by atoms with Crippen molar-refractivity contribution in [3.05, 3.63) is 60.0 Å². The lowest BCUT2D eigenvalue weighted by atomic mass is 10.2. The quantitative estimate of drug-likeness (QED) is 0.276. The Balaban J connectivity index is 2.02. The van der Waals surface area contributed by atoms with Gasteiger partial charge in [0.25, 0.3) is 5.56 Å². The highest BCUT2D eigenvalue weighted by Crippen LogP contribution is 2.42. The first-order valence-corrected chi connectivity index (χ1v) is 11.8. The van der Waals surface area contributed by atoms with Crippen LogP contribution < -0.4 is 15.0 Å². The van der Waals surface area contributed by atoms with Crippen molar-refractivity contribution in [3.8, 4) is 11.5 Å². The molecule has 0 aliphatic carbocycles. The van der Waals surface area contributed by atoms with Crippen LogP contribution in [-0.4, -0.2) is 41.7 Å². The largest absolute Gasteiger partial charge is 0.493 e. The molecule has 3 aromatic rings. The van der Waals surface area contributed by atoms with E-state index in [1.165, 1.54) is 18.0 Å². The average Bonchev–Trinajstić information content (AvgIpc) is 2.78. The van der Waals surface area contributed by atoms with Crippen molar-refractivity contribution in [1.29, 1.82) is 0 Å². The Bertz CT molecular complexity index is 1310. The zero-order chi connectivity index (χ0) is 24.3. The highest BCUT2D eigenvalue weighted by atomic mass is 79.9. The molecule has 174 valence electrons. The molecular formula is C22H20Br2ClN3O5. The van der Waals surface area contributed by atoms with Crippen molar-refractivity contribution in [3.63, 3.8) is 0 Å². The molecule has 0 bridgehead atoms. The summed E-state index contributed by atoms with van der Waals surface area (Å²) < 4.78 is 18.5. The highest BCUT2D eigenvalue weighted by molar-refractivity contribution is 9.10. The molecule has 1 heterocycles. The summed E-state index contributed by atoms with van der Waals surface area (Å²) in [5.74, 6) is 0.353. The van der Waals surface area contributed by atoms with Crippen molar-refractivity contribution in [2.75, 3.05) is 13.7 Å². The molecule has 1 atom stereocenters. The number of carbonyl (C=O) groups excluding carboxylic acids is 1. The van der Waals surface area contributed by atoms with Crippen LogP contribution in [0, 0.1) is 6.92 Å². The van der Waals surface area contributed by atoms with Crippen LogP contribution in [0.4, 0.5) is 0 Å². The SMILES string of the molecule is CCOC(=O)[C@H](C)Oc1c(OC)cc(C=Nn2c(C)nc3ccc(Br)cc3c2=O)c(Br)c1Cl. The van der Waals surface area contributed by atoms with Crippen molar-refractivity contribution >= 4 is 66.5 Å². The van der Waals surface area contributed by atoms with Crippen molar-refractivity contribution in [2.45, 2.75) is 26.9 Å². The summed E-state index contributed by atoms with van der Waals surface area (Å²) in [7, 11) is 1.45. The van der Waals surface area contributed by atoms with Gasteiger partial charge in [0.15, 0.2) is 17.6 Å². The van der Waals surface area contributed by atoms with Crippen LogP contribution in [0.1, 0.15) is 25.2 Å². The van der Waals surface area contributed by atoms with Crippen molar-refractivity contribution < 1.29 is 19.0 Å². The second kappa shape index (κ2) is 10.7. The molecule has 8 nitrogen and oxygen atoms in total. The third-order valence-corrected chi connectivity index (χ3v) is 6.51. The Morgan fingerprint density at radius 3 is 2.73 bits per heavy atom. The van der Waals surface area contributed by atoms with E-state index in [2.05, 4.69) is 41.9 Å². The number of benzene rings is 2. The van der Waals surface area contributed by atoms with Crippen LogP contribution in [-0.2, 0) is 9.53 Å². The molecule has 0 spiro atoms. The minimum Gasteiger partial charge on any atom is -0.493 e. The third-order valence-electron chi connectivity index (χ3n) is 4.57. The Kier molecular flexibility index (Phi) is 8.14. The van der Waals surface area contributed by atoms with Crippen molar-refractivity contribution in [1.82, 2.24) is 9.66 Å². The number of fused-ring (bicyclic) bond motifs is 1. The van der Waals surface area contributed by atoms with Crippen LogP contribution in [0.3, 0.4) is 0 Å². The number of halogens is 3. The van der Waals surface area contributed by atoms with Gasteiger partial charge in [-0.05, 0) is 61.0 Å². The number of methoxy groups -OCH3 is 1. The normalized spacial score (nSPS) is 12.2. The lowest BCUT2D eigenvalue weighted by molar-refractivity contribution is -0.150. The van der Waals surface area contributed by atoms with Gasteiger partial charge in [0.2, 0.25) is 0 Å². The fourth-order valence-corrected chi connectivity index (χ4v) is 3.97. The standard InChI is InChI=1S/C22H20Br2ClN3O5/c1-5-32-22(30)11(2)33-20-17(31-4)8-13(18(24)19(20)25)10-26-28-12(3)27-16-7-6-14(23)9-15(16)21(28)29/h6-11H,5H2,1-4H3/t11-/m0/s1. The molecule has 11 heteroatoms. The number of aromatic nitrogens is 2. The Morgan fingerprint density at radius 1 is 1.33 bits per heavy atom. The van der Waals surface area contributed by atoms with E-state index in [9.17, 15) is 9.59 Å². The Hall–Kier alpha value is -2.43. The Labute approximate surface area is 211 Å². The number of esters is 1. The van der Waals surface area contributed by atoms with Gasteiger partial charge in [-0.2, -0.15) is 9.78 Å². The molecule has 2 aromatic carbocycles. The maximum absolute atomic E-state index is 13.0.